The van der Waals surface area contributed by atoms with Crippen LogP contribution in [0.1, 0.15) is 29.6 Å². The van der Waals surface area contributed by atoms with E-state index in [1.54, 1.807) is 25.3 Å². The van der Waals surface area contributed by atoms with E-state index in [1.807, 2.05) is 11.8 Å². The van der Waals surface area contributed by atoms with Crippen LogP contribution in [0, 0.1) is 0 Å². The molecule has 0 saturated heterocycles. The van der Waals surface area contributed by atoms with Crippen molar-refractivity contribution in [1.82, 2.24) is 5.32 Å². The van der Waals surface area contributed by atoms with Crippen LogP contribution in [0.2, 0.25) is 0 Å². The highest BCUT2D eigenvalue weighted by atomic mass is 32.2. The molecule has 1 aromatic carbocycles. The molecule has 1 aliphatic carbocycles. The molecule has 1 amide bonds. The second-order valence-corrected chi connectivity index (χ2v) is 6.12. The first kappa shape index (κ1) is 14.1. The van der Waals surface area contributed by atoms with Gasteiger partial charge in [0.1, 0.15) is 5.75 Å². The van der Waals surface area contributed by atoms with Crippen molar-refractivity contribution in [3.63, 3.8) is 0 Å². The molecule has 4 nitrogen and oxygen atoms in total. The Morgan fingerprint density at radius 1 is 1.53 bits per heavy atom. The second-order valence-electron chi connectivity index (χ2n) is 4.84. The summed E-state index contributed by atoms with van der Waals surface area (Å²) in [5, 5.41) is 2.99. The van der Waals surface area contributed by atoms with E-state index in [0.29, 0.717) is 23.5 Å². The van der Waals surface area contributed by atoms with Crippen molar-refractivity contribution in [3.05, 3.63) is 23.8 Å². The zero-order valence-corrected chi connectivity index (χ0v) is 12.2. The largest absolute Gasteiger partial charge is 0.495 e. The lowest BCUT2D eigenvalue weighted by Crippen LogP contribution is -2.45. The second kappa shape index (κ2) is 5.74. The van der Waals surface area contributed by atoms with Gasteiger partial charge in [0.2, 0.25) is 0 Å². The van der Waals surface area contributed by atoms with E-state index in [4.69, 9.17) is 10.5 Å². The molecule has 1 fully saturated rings. The number of hydrogen-bond acceptors (Lipinski definition) is 4. The highest BCUT2D eigenvalue weighted by Gasteiger charge is 2.36. The molecule has 0 radical (unpaired) electrons. The first-order valence-corrected chi connectivity index (χ1v) is 7.60. The Morgan fingerprint density at radius 3 is 2.79 bits per heavy atom. The summed E-state index contributed by atoms with van der Waals surface area (Å²) in [5.41, 5.74) is 6.80. The minimum absolute atomic E-state index is 0.128. The number of rotatable bonds is 5. The van der Waals surface area contributed by atoms with Crippen LogP contribution in [0.5, 0.6) is 5.75 Å². The van der Waals surface area contributed by atoms with Crippen LogP contribution in [0.3, 0.4) is 0 Å². The SMILES string of the molecule is COc1cccc(C(=O)NCC2(SC)CCC2)c1N. The van der Waals surface area contributed by atoms with Crippen LogP contribution in [-0.4, -0.2) is 30.6 Å². The molecule has 0 heterocycles. The van der Waals surface area contributed by atoms with Gasteiger partial charge in [0.05, 0.1) is 18.4 Å². The number of para-hydroxylation sites is 1. The van der Waals surface area contributed by atoms with Gasteiger partial charge in [-0.05, 0) is 31.2 Å². The Morgan fingerprint density at radius 2 is 2.26 bits per heavy atom. The molecule has 0 bridgehead atoms. The molecule has 0 aliphatic heterocycles. The van der Waals surface area contributed by atoms with Gasteiger partial charge in [-0.15, -0.1) is 0 Å². The number of thioether (sulfide) groups is 1. The third kappa shape index (κ3) is 2.81. The fraction of sp³-hybridized carbons (Fsp3) is 0.500. The number of amides is 1. The standard InChI is InChI=1S/C14H20N2O2S/c1-18-11-6-3-5-10(12(11)15)13(17)16-9-14(19-2)7-4-8-14/h3,5-6H,4,7-9,15H2,1-2H3,(H,16,17). The summed E-state index contributed by atoms with van der Waals surface area (Å²) in [5.74, 6) is 0.410. The van der Waals surface area contributed by atoms with E-state index in [9.17, 15) is 4.79 Å². The van der Waals surface area contributed by atoms with Gasteiger partial charge < -0.3 is 15.8 Å². The number of nitrogen functional groups attached to an aromatic ring is 1. The van der Waals surface area contributed by atoms with Gasteiger partial charge in [-0.2, -0.15) is 11.8 Å². The molecule has 1 saturated carbocycles. The lowest BCUT2D eigenvalue weighted by atomic mass is 9.84. The third-order valence-electron chi connectivity index (χ3n) is 3.80. The van der Waals surface area contributed by atoms with E-state index in [2.05, 4.69) is 11.6 Å². The number of methoxy groups -OCH3 is 1. The Bertz CT molecular complexity index is 467. The lowest BCUT2D eigenvalue weighted by molar-refractivity contribution is 0.0944. The van der Waals surface area contributed by atoms with Crippen LogP contribution in [0.15, 0.2) is 18.2 Å². The molecule has 5 heteroatoms. The van der Waals surface area contributed by atoms with Crippen molar-refractivity contribution in [1.29, 1.82) is 0 Å². The van der Waals surface area contributed by atoms with Crippen LogP contribution in [-0.2, 0) is 0 Å². The molecule has 0 aromatic heterocycles. The van der Waals surface area contributed by atoms with Crippen molar-refractivity contribution < 1.29 is 9.53 Å². The normalized spacial score (nSPS) is 16.5. The monoisotopic (exact) mass is 280 g/mol. The van der Waals surface area contributed by atoms with E-state index in [-0.39, 0.29) is 10.7 Å². The van der Waals surface area contributed by atoms with E-state index in [1.165, 1.54) is 19.3 Å². The number of hydrogen-bond donors (Lipinski definition) is 2. The Labute approximate surface area is 118 Å². The number of carbonyl (C=O) groups excluding carboxylic acids is 1. The number of nitrogens with one attached hydrogen (secondary N) is 1. The van der Waals surface area contributed by atoms with Gasteiger partial charge in [0, 0.05) is 11.3 Å². The summed E-state index contributed by atoms with van der Waals surface area (Å²) < 4.78 is 5.35. The molecule has 1 aromatic rings. The van der Waals surface area contributed by atoms with Crippen LogP contribution < -0.4 is 15.8 Å². The number of nitrogens with two attached hydrogens (primary N) is 1. The molecule has 0 atom stereocenters. The van der Waals surface area contributed by atoms with E-state index in [0.717, 1.165) is 0 Å². The Hall–Kier alpha value is -1.36. The minimum atomic E-state index is -0.128. The number of carbonyl (C=O) groups is 1. The molecular formula is C14H20N2O2S. The summed E-state index contributed by atoms with van der Waals surface area (Å²) in [6.07, 6.45) is 5.69. The number of anilines is 1. The average Bonchev–Trinajstić information content (AvgIpc) is 2.38. The predicted molar refractivity (Wildman–Crippen MR) is 79.8 cm³/mol. The minimum Gasteiger partial charge on any atom is -0.495 e. The van der Waals surface area contributed by atoms with Gasteiger partial charge in [-0.3, -0.25) is 4.79 Å². The van der Waals surface area contributed by atoms with Crippen LogP contribution in [0.25, 0.3) is 0 Å². The topological polar surface area (TPSA) is 64.3 Å². The van der Waals surface area contributed by atoms with Gasteiger partial charge in [-0.1, -0.05) is 12.5 Å². The van der Waals surface area contributed by atoms with Gasteiger partial charge in [0.25, 0.3) is 5.91 Å². The highest BCUT2D eigenvalue weighted by molar-refractivity contribution is 8.00. The van der Waals surface area contributed by atoms with Crippen molar-refractivity contribution in [2.75, 3.05) is 25.6 Å². The Kier molecular flexibility index (Phi) is 4.24. The fourth-order valence-corrected chi connectivity index (χ4v) is 3.19. The van der Waals surface area contributed by atoms with E-state index >= 15 is 0 Å². The van der Waals surface area contributed by atoms with Crippen LogP contribution >= 0.6 is 11.8 Å². The lowest BCUT2D eigenvalue weighted by Gasteiger charge is -2.40. The Balaban J connectivity index is 2.04. The van der Waals surface area contributed by atoms with Crippen molar-refractivity contribution in [3.8, 4) is 5.75 Å². The van der Waals surface area contributed by atoms with Gasteiger partial charge in [-0.25, -0.2) is 0 Å². The zero-order chi connectivity index (χ0) is 13.9. The summed E-state index contributed by atoms with van der Waals surface area (Å²) >= 11 is 1.84. The summed E-state index contributed by atoms with van der Waals surface area (Å²) in [4.78, 5) is 12.2. The molecule has 0 unspecified atom stereocenters. The number of ether oxygens (including phenoxy) is 1. The maximum absolute atomic E-state index is 12.2. The van der Waals surface area contributed by atoms with Crippen molar-refractivity contribution >= 4 is 23.4 Å². The molecule has 3 N–H and O–H groups in total. The molecule has 104 valence electrons. The maximum Gasteiger partial charge on any atom is 0.253 e. The smallest absolute Gasteiger partial charge is 0.253 e. The number of benzene rings is 1. The summed E-state index contributed by atoms with van der Waals surface area (Å²) in [6, 6.07) is 5.25. The molecule has 2 rings (SSSR count). The quantitative estimate of drug-likeness (QED) is 0.812. The fourth-order valence-electron chi connectivity index (χ4n) is 2.28. The molecular weight excluding hydrogens is 260 g/mol. The first-order chi connectivity index (χ1) is 9.12. The summed E-state index contributed by atoms with van der Waals surface area (Å²) in [6.45, 7) is 0.698. The van der Waals surface area contributed by atoms with Gasteiger partial charge >= 0.3 is 0 Å². The zero-order valence-electron chi connectivity index (χ0n) is 11.4. The molecule has 1 aliphatic rings. The van der Waals surface area contributed by atoms with E-state index < -0.39 is 0 Å². The highest BCUT2D eigenvalue weighted by Crippen LogP contribution is 2.42. The van der Waals surface area contributed by atoms with Crippen molar-refractivity contribution in [2.24, 2.45) is 0 Å². The van der Waals surface area contributed by atoms with Crippen LogP contribution in [0.4, 0.5) is 5.69 Å². The third-order valence-corrected chi connectivity index (χ3v) is 5.22. The predicted octanol–water partition coefficient (Wildman–Crippen LogP) is 2.29. The first-order valence-electron chi connectivity index (χ1n) is 6.38. The van der Waals surface area contributed by atoms with Gasteiger partial charge in [0.15, 0.2) is 0 Å². The maximum atomic E-state index is 12.2. The summed E-state index contributed by atoms with van der Waals surface area (Å²) in [7, 11) is 1.55. The van der Waals surface area contributed by atoms with Crippen molar-refractivity contribution in [2.45, 2.75) is 24.0 Å². The average molecular weight is 280 g/mol. The molecule has 19 heavy (non-hydrogen) atoms. The molecule has 0 spiro atoms.